The maximum atomic E-state index is 11.6. The van der Waals surface area contributed by atoms with Gasteiger partial charge in [-0.3, -0.25) is 4.98 Å². The quantitative estimate of drug-likeness (QED) is 0.746. The topological polar surface area (TPSA) is 82.5 Å². The Hall–Kier alpha value is -2.14. The zero-order chi connectivity index (χ0) is 13.1. The molecule has 6 heteroatoms. The number of benzene rings is 1. The van der Waals surface area contributed by atoms with E-state index in [0.29, 0.717) is 10.6 Å². The third-order valence-corrected chi connectivity index (χ3v) is 2.69. The Bertz CT molecular complexity index is 579. The van der Waals surface area contributed by atoms with E-state index in [1.807, 2.05) is 0 Å². The maximum absolute atomic E-state index is 11.6. The van der Waals surface area contributed by atoms with Crippen LogP contribution in [0.1, 0.15) is 15.9 Å². The molecule has 18 heavy (non-hydrogen) atoms. The molecule has 0 aliphatic rings. The molecule has 1 aromatic heterocycles. The number of carbonyl (C=O) groups excluding carboxylic acids is 1. The van der Waals surface area contributed by atoms with Gasteiger partial charge in [-0.1, -0.05) is 29.8 Å². The summed E-state index contributed by atoms with van der Waals surface area (Å²) in [5.74, 6) is -1.49. The summed E-state index contributed by atoms with van der Waals surface area (Å²) in [6, 6.07) is 8.04. The third kappa shape index (κ3) is 2.57. The number of aromatic nitrogens is 1. The van der Waals surface area contributed by atoms with Crippen LogP contribution in [0.4, 0.5) is 0 Å². The lowest BCUT2D eigenvalue weighted by Crippen LogP contribution is -2.04. The van der Waals surface area contributed by atoms with Gasteiger partial charge >= 0.3 is 5.97 Å². The highest BCUT2D eigenvalue weighted by Crippen LogP contribution is 2.23. The normalized spacial score (nSPS) is 10.3. The lowest BCUT2D eigenvalue weighted by molar-refractivity contribution is 0.0469. The van der Waals surface area contributed by atoms with Crippen LogP contribution in [-0.2, 0) is 11.3 Å². The van der Waals surface area contributed by atoms with E-state index in [1.165, 1.54) is 0 Å². The lowest BCUT2D eigenvalue weighted by Gasteiger charge is -2.05. The van der Waals surface area contributed by atoms with Crippen molar-refractivity contribution >= 4 is 17.6 Å². The minimum Gasteiger partial charge on any atom is -0.494 e. The molecule has 1 aromatic carbocycles. The summed E-state index contributed by atoms with van der Waals surface area (Å²) in [5.41, 5.74) is 0.534. The number of aromatic amines is 1. The highest BCUT2D eigenvalue weighted by atomic mass is 35.5. The monoisotopic (exact) mass is 267 g/mol. The van der Waals surface area contributed by atoms with E-state index in [-0.39, 0.29) is 18.1 Å². The maximum Gasteiger partial charge on any atom is 0.344 e. The predicted molar refractivity (Wildman–Crippen MR) is 64.7 cm³/mol. The number of rotatable bonds is 3. The first-order chi connectivity index (χ1) is 8.58. The molecule has 0 amide bonds. The number of ether oxygens (including phenoxy) is 1. The van der Waals surface area contributed by atoms with Crippen molar-refractivity contribution in [2.24, 2.45) is 0 Å². The number of halogens is 1. The number of esters is 1. The van der Waals surface area contributed by atoms with Crippen LogP contribution in [0.5, 0.6) is 11.8 Å². The molecule has 0 unspecified atom stereocenters. The first-order valence-corrected chi connectivity index (χ1v) is 5.47. The standard InChI is InChI=1S/C12H10ClNO4/c13-9-4-2-1-3-7(9)6-18-12(17)8-5-10(15)14-11(8)16/h1-5,14-16H,6H2. The van der Waals surface area contributed by atoms with Gasteiger partial charge in [0.1, 0.15) is 12.2 Å². The molecule has 0 spiro atoms. The van der Waals surface area contributed by atoms with Crippen LogP contribution in [-0.4, -0.2) is 21.2 Å². The Balaban J connectivity index is 2.05. The zero-order valence-corrected chi connectivity index (χ0v) is 9.94. The SMILES string of the molecule is O=C(OCc1ccccc1Cl)c1cc(O)[nH]c1O. The van der Waals surface area contributed by atoms with Crippen LogP contribution in [0.15, 0.2) is 30.3 Å². The van der Waals surface area contributed by atoms with Gasteiger partial charge in [0.2, 0.25) is 5.88 Å². The second-order valence-corrected chi connectivity index (χ2v) is 3.99. The molecule has 0 saturated heterocycles. The van der Waals surface area contributed by atoms with Gasteiger partial charge in [-0.15, -0.1) is 0 Å². The summed E-state index contributed by atoms with van der Waals surface area (Å²) in [6.45, 7) is -0.0100. The van der Waals surface area contributed by atoms with Gasteiger partial charge in [-0.2, -0.15) is 0 Å². The van der Waals surface area contributed by atoms with E-state index >= 15 is 0 Å². The fourth-order valence-electron chi connectivity index (χ4n) is 1.42. The van der Waals surface area contributed by atoms with Crippen molar-refractivity contribution in [1.82, 2.24) is 4.98 Å². The average molecular weight is 268 g/mol. The van der Waals surface area contributed by atoms with Gasteiger partial charge in [0.15, 0.2) is 5.88 Å². The molecule has 2 rings (SSSR count). The van der Waals surface area contributed by atoms with Gasteiger partial charge in [0.05, 0.1) is 0 Å². The smallest absolute Gasteiger partial charge is 0.344 e. The van der Waals surface area contributed by atoms with Gasteiger partial charge < -0.3 is 14.9 Å². The number of hydrogen-bond acceptors (Lipinski definition) is 4. The zero-order valence-electron chi connectivity index (χ0n) is 9.18. The highest BCUT2D eigenvalue weighted by molar-refractivity contribution is 6.31. The first-order valence-electron chi connectivity index (χ1n) is 5.09. The molecule has 5 nitrogen and oxygen atoms in total. The number of H-pyrrole nitrogens is 1. The largest absolute Gasteiger partial charge is 0.494 e. The van der Waals surface area contributed by atoms with E-state index in [0.717, 1.165) is 6.07 Å². The molecule has 0 aliphatic carbocycles. The average Bonchev–Trinajstić information content (AvgIpc) is 2.67. The van der Waals surface area contributed by atoms with Crippen molar-refractivity contribution in [3.05, 3.63) is 46.5 Å². The molecule has 0 fully saturated rings. The van der Waals surface area contributed by atoms with Crippen molar-refractivity contribution in [3.63, 3.8) is 0 Å². The van der Waals surface area contributed by atoms with Crippen LogP contribution in [0.3, 0.4) is 0 Å². The third-order valence-electron chi connectivity index (χ3n) is 2.32. The van der Waals surface area contributed by atoms with Crippen LogP contribution >= 0.6 is 11.6 Å². The summed E-state index contributed by atoms with van der Waals surface area (Å²) < 4.78 is 4.97. The van der Waals surface area contributed by atoms with Crippen molar-refractivity contribution in [1.29, 1.82) is 0 Å². The molecule has 2 aromatic rings. The number of carbonyl (C=O) groups is 1. The van der Waals surface area contributed by atoms with Crippen molar-refractivity contribution in [2.45, 2.75) is 6.61 Å². The van der Waals surface area contributed by atoms with Crippen molar-refractivity contribution in [3.8, 4) is 11.8 Å². The van der Waals surface area contributed by atoms with Crippen LogP contribution < -0.4 is 0 Å². The van der Waals surface area contributed by atoms with Crippen LogP contribution in [0, 0.1) is 0 Å². The fraction of sp³-hybridized carbons (Fsp3) is 0.0833. The predicted octanol–water partition coefficient (Wildman–Crippen LogP) is 2.44. The Morgan fingerprint density at radius 2 is 2.06 bits per heavy atom. The summed E-state index contributed by atoms with van der Waals surface area (Å²) in [5, 5.41) is 18.9. The van der Waals surface area contributed by atoms with E-state index < -0.39 is 11.8 Å². The molecule has 0 aliphatic heterocycles. The molecular formula is C12H10ClNO4. The molecule has 94 valence electrons. The summed E-state index contributed by atoms with van der Waals surface area (Å²) in [6.07, 6.45) is 0. The second-order valence-electron chi connectivity index (χ2n) is 3.58. The van der Waals surface area contributed by atoms with Crippen LogP contribution in [0.25, 0.3) is 0 Å². The van der Waals surface area contributed by atoms with Gasteiger partial charge in [0, 0.05) is 16.7 Å². The molecule has 0 atom stereocenters. The number of nitrogens with one attached hydrogen (secondary N) is 1. The Morgan fingerprint density at radius 1 is 1.33 bits per heavy atom. The van der Waals surface area contributed by atoms with E-state index in [9.17, 15) is 9.90 Å². The first kappa shape index (κ1) is 12.3. The van der Waals surface area contributed by atoms with Gasteiger partial charge in [-0.25, -0.2) is 4.79 Å². The second kappa shape index (κ2) is 5.01. The Morgan fingerprint density at radius 3 is 2.67 bits per heavy atom. The minimum absolute atomic E-state index is 0.0100. The number of aromatic hydroxyl groups is 2. The molecule has 1 heterocycles. The fourth-order valence-corrected chi connectivity index (χ4v) is 1.61. The summed E-state index contributed by atoms with van der Waals surface area (Å²) in [4.78, 5) is 13.8. The molecular weight excluding hydrogens is 258 g/mol. The molecule has 0 bridgehead atoms. The van der Waals surface area contributed by atoms with E-state index in [1.54, 1.807) is 24.3 Å². The van der Waals surface area contributed by atoms with E-state index in [4.69, 9.17) is 21.4 Å². The summed E-state index contributed by atoms with van der Waals surface area (Å²) >= 11 is 5.90. The molecule has 3 N–H and O–H groups in total. The highest BCUT2D eigenvalue weighted by Gasteiger charge is 2.16. The molecule has 0 saturated carbocycles. The Kier molecular flexibility index (Phi) is 3.43. The van der Waals surface area contributed by atoms with Gasteiger partial charge in [-0.05, 0) is 6.07 Å². The van der Waals surface area contributed by atoms with Crippen molar-refractivity contribution in [2.75, 3.05) is 0 Å². The van der Waals surface area contributed by atoms with Crippen molar-refractivity contribution < 1.29 is 19.7 Å². The molecule has 0 radical (unpaired) electrons. The van der Waals surface area contributed by atoms with E-state index in [2.05, 4.69) is 4.98 Å². The van der Waals surface area contributed by atoms with Gasteiger partial charge in [0.25, 0.3) is 0 Å². The lowest BCUT2D eigenvalue weighted by atomic mass is 10.2. The number of hydrogen-bond donors (Lipinski definition) is 3. The van der Waals surface area contributed by atoms with Crippen LogP contribution in [0.2, 0.25) is 5.02 Å². The summed E-state index contributed by atoms with van der Waals surface area (Å²) in [7, 11) is 0. The Labute approximate surface area is 108 Å². The minimum atomic E-state index is -0.746.